The first-order valence-corrected chi connectivity index (χ1v) is 4.22. The van der Waals surface area contributed by atoms with Crippen molar-refractivity contribution in [3.63, 3.8) is 0 Å². The van der Waals surface area contributed by atoms with Crippen molar-refractivity contribution >= 4 is 0 Å². The summed E-state index contributed by atoms with van der Waals surface area (Å²) in [6, 6.07) is 0. The van der Waals surface area contributed by atoms with Crippen LogP contribution in [0.15, 0.2) is 36.0 Å². The van der Waals surface area contributed by atoms with Gasteiger partial charge in [-0.1, -0.05) is 42.9 Å². The zero-order valence-electron chi connectivity index (χ0n) is 7.80. The highest BCUT2D eigenvalue weighted by atomic mass is 13.8. The summed E-state index contributed by atoms with van der Waals surface area (Å²) in [7, 11) is 0. The minimum atomic E-state index is 1.05. The Morgan fingerprint density at radius 2 is 1.73 bits per heavy atom. The van der Waals surface area contributed by atoms with Crippen LogP contribution in [-0.2, 0) is 0 Å². The average Bonchev–Trinajstić information content (AvgIpc) is 1.96. The lowest BCUT2D eigenvalue weighted by atomic mass is 10.2. The predicted molar refractivity (Wildman–Crippen MR) is 52.6 cm³/mol. The van der Waals surface area contributed by atoms with E-state index in [1.165, 1.54) is 5.57 Å². The second-order valence-corrected chi connectivity index (χ2v) is 2.78. The van der Waals surface area contributed by atoms with Crippen LogP contribution in [0.3, 0.4) is 0 Å². The highest BCUT2D eigenvalue weighted by Crippen LogP contribution is 1.94. The van der Waals surface area contributed by atoms with E-state index < -0.39 is 0 Å². The van der Waals surface area contributed by atoms with Gasteiger partial charge in [-0.05, 0) is 26.7 Å². The molecule has 0 aliphatic heterocycles. The molecule has 0 heteroatoms. The maximum atomic E-state index is 2.22. The van der Waals surface area contributed by atoms with E-state index in [4.69, 9.17) is 0 Å². The average molecular weight is 150 g/mol. The molecule has 0 rings (SSSR count). The second-order valence-electron chi connectivity index (χ2n) is 2.78. The van der Waals surface area contributed by atoms with Crippen molar-refractivity contribution in [3.05, 3.63) is 36.0 Å². The fourth-order valence-electron chi connectivity index (χ4n) is 0.676. The van der Waals surface area contributed by atoms with Gasteiger partial charge < -0.3 is 0 Å². The van der Waals surface area contributed by atoms with Crippen LogP contribution < -0.4 is 0 Å². The fraction of sp³-hybridized carbons (Fsp3) is 0.455. The zero-order chi connectivity index (χ0) is 8.53. The molecule has 0 bridgehead atoms. The van der Waals surface area contributed by atoms with Crippen LogP contribution in [0.25, 0.3) is 0 Å². The minimum absolute atomic E-state index is 1.05. The van der Waals surface area contributed by atoms with Crippen molar-refractivity contribution in [2.45, 2.75) is 33.6 Å². The lowest BCUT2D eigenvalue weighted by Gasteiger charge is -1.84. The molecule has 0 unspecified atom stereocenters. The smallest absolute Gasteiger partial charge is 0.0164 e. The highest BCUT2D eigenvalue weighted by Gasteiger charge is 1.72. The Balaban J connectivity index is 3.45. The summed E-state index contributed by atoms with van der Waals surface area (Å²) in [5, 5.41) is 0. The lowest BCUT2D eigenvalue weighted by molar-refractivity contribution is 1.22. The first-order valence-electron chi connectivity index (χ1n) is 4.22. The highest BCUT2D eigenvalue weighted by molar-refractivity contribution is 5.06. The Morgan fingerprint density at radius 1 is 1.09 bits per heavy atom. The summed E-state index contributed by atoms with van der Waals surface area (Å²) in [6.07, 6.45) is 12.9. The number of hydrogen-bond donors (Lipinski definition) is 0. The van der Waals surface area contributed by atoms with Gasteiger partial charge in [0.25, 0.3) is 0 Å². The SMILES string of the molecule is CCC=CC=CCC=C(C)C. The summed E-state index contributed by atoms with van der Waals surface area (Å²) in [5.41, 5.74) is 1.38. The van der Waals surface area contributed by atoms with Crippen molar-refractivity contribution in [1.82, 2.24) is 0 Å². The molecule has 0 saturated heterocycles. The quantitative estimate of drug-likeness (QED) is 0.421. The van der Waals surface area contributed by atoms with E-state index in [1.807, 2.05) is 0 Å². The van der Waals surface area contributed by atoms with Crippen molar-refractivity contribution in [2.24, 2.45) is 0 Å². The van der Waals surface area contributed by atoms with Crippen molar-refractivity contribution in [2.75, 3.05) is 0 Å². The number of hydrogen-bond acceptors (Lipinski definition) is 0. The predicted octanol–water partition coefficient (Wildman–Crippen LogP) is 3.87. The van der Waals surface area contributed by atoms with Gasteiger partial charge in [0.05, 0.1) is 0 Å². The molecule has 62 valence electrons. The molecule has 0 heterocycles. The van der Waals surface area contributed by atoms with Gasteiger partial charge in [0.2, 0.25) is 0 Å². The third-order valence-corrected chi connectivity index (χ3v) is 1.28. The van der Waals surface area contributed by atoms with Gasteiger partial charge in [-0.15, -0.1) is 0 Å². The molecule has 0 radical (unpaired) electrons. The van der Waals surface area contributed by atoms with Crippen molar-refractivity contribution in [3.8, 4) is 0 Å². The molecule has 0 spiro atoms. The van der Waals surface area contributed by atoms with Gasteiger partial charge in [-0.2, -0.15) is 0 Å². The Labute approximate surface area is 70.3 Å². The molecule has 0 atom stereocenters. The maximum Gasteiger partial charge on any atom is -0.0164 e. The molecule has 0 N–H and O–H groups in total. The molecule has 0 nitrogen and oxygen atoms in total. The summed E-state index contributed by atoms with van der Waals surface area (Å²) in [5.74, 6) is 0. The van der Waals surface area contributed by atoms with E-state index in [0.29, 0.717) is 0 Å². The molecule has 11 heavy (non-hydrogen) atoms. The summed E-state index contributed by atoms with van der Waals surface area (Å²) in [6.45, 7) is 6.38. The third kappa shape index (κ3) is 9.22. The second kappa shape index (κ2) is 7.33. The maximum absolute atomic E-state index is 2.22. The van der Waals surface area contributed by atoms with Gasteiger partial charge >= 0.3 is 0 Å². The normalized spacial score (nSPS) is 11.2. The summed E-state index contributed by atoms with van der Waals surface area (Å²) in [4.78, 5) is 0. The first-order chi connectivity index (χ1) is 5.27. The minimum Gasteiger partial charge on any atom is -0.0848 e. The standard InChI is InChI=1S/C11H18/c1-4-5-6-7-8-9-10-11(2)3/h5-8,10H,4,9H2,1-3H3. The largest absolute Gasteiger partial charge is 0.0848 e. The Morgan fingerprint density at radius 3 is 2.27 bits per heavy atom. The lowest BCUT2D eigenvalue weighted by Crippen LogP contribution is -1.63. The van der Waals surface area contributed by atoms with E-state index in [2.05, 4.69) is 51.2 Å². The zero-order valence-corrected chi connectivity index (χ0v) is 7.80. The molecule has 0 aliphatic carbocycles. The van der Waals surface area contributed by atoms with E-state index in [-0.39, 0.29) is 0 Å². The number of allylic oxidation sites excluding steroid dienone is 6. The molecule has 0 aromatic carbocycles. The van der Waals surface area contributed by atoms with Crippen LogP contribution >= 0.6 is 0 Å². The number of rotatable bonds is 4. The van der Waals surface area contributed by atoms with Crippen molar-refractivity contribution < 1.29 is 0 Å². The van der Waals surface area contributed by atoms with Crippen LogP contribution in [0.5, 0.6) is 0 Å². The Bertz CT molecular complexity index is 155. The third-order valence-electron chi connectivity index (χ3n) is 1.28. The molecule has 0 amide bonds. The fourth-order valence-corrected chi connectivity index (χ4v) is 0.676. The summed E-state index contributed by atoms with van der Waals surface area (Å²) >= 11 is 0. The van der Waals surface area contributed by atoms with E-state index in [9.17, 15) is 0 Å². The van der Waals surface area contributed by atoms with Gasteiger partial charge in [-0.3, -0.25) is 0 Å². The van der Waals surface area contributed by atoms with Gasteiger partial charge in [0.15, 0.2) is 0 Å². The van der Waals surface area contributed by atoms with E-state index >= 15 is 0 Å². The van der Waals surface area contributed by atoms with Gasteiger partial charge in [-0.25, -0.2) is 0 Å². The van der Waals surface area contributed by atoms with Crippen LogP contribution in [-0.4, -0.2) is 0 Å². The van der Waals surface area contributed by atoms with Gasteiger partial charge in [0, 0.05) is 0 Å². The van der Waals surface area contributed by atoms with Crippen LogP contribution in [0.1, 0.15) is 33.6 Å². The topological polar surface area (TPSA) is 0 Å². The first kappa shape index (κ1) is 10.2. The molecule has 0 fully saturated rings. The molecule has 0 saturated carbocycles. The monoisotopic (exact) mass is 150 g/mol. The Hall–Kier alpha value is -0.780. The van der Waals surface area contributed by atoms with Crippen LogP contribution in [0.2, 0.25) is 0 Å². The molecule has 0 aromatic heterocycles. The van der Waals surface area contributed by atoms with Gasteiger partial charge in [0.1, 0.15) is 0 Å². The molecule has 0 aromatic rings. The van der Waals surface area contributed by atoms with Crippen LogP contribution in [0, 0.1) is 0 Å². The summed E-state index contributed by atoms with van der Waals surface area (Å²) < 4.78 is 0. The molecule has 0 aliphatic rings. The van der Waals surface area contributed by atoms with E-state index in [1.54, 1.807) is 0 Å². The van der Waals surface area contributed by atoms with Crippen molar-refractivity contribution in [1.29, 1.82) is 0 Å². The Kier molecular flexibility index (Phi) is 6.81. The molecular formula is C11H18. The molecular weight excluding hydrogens is 132 g/mol. The van der Waals surface area contributed by atoms with E-state index in [0.717, 1.165) is 12.8 Å². The van der Waals surface area contributed by atoms with Crippen LogP contribution in [0.4, 0.5) is 0 Å².